The van der Waals surface area contributed by atoms with Gasteiger partial charge in [-0.2, -0.15) is 0 Å². The second-order valence-electron chi connectivity index (χ2n) is 18.7. The summed E-state index contributed by atoms with van der Waals surface area (Å²) in [6.45, 7) is 6.21. The number of rotatable bonds is 27. The van der Waals surface area contributed by atoms with Crippen molar-refractivity contribution in [3.63, 3.8) is 0 Å². The van der Waals surface area contributed by atoms with Crippen LogP contribution in [0.25, 0.3) is 33.4 Å². The minimum atomic E-state index is -1.74. The van der Waals surface area contributed by atoms with E-state index in [4.69, 9.17) is 15.3 Å². The summed E-state index contributed by atoms with van der Waals surface area (Å²) in [6.07, 6.45) is 0.469. The SMILES string of the molecule is CC(=O)N[C@H](CCCCNC(=O)c1ccc(C(=O)O)c(-c2c3ccc(=O)cc-3oc3cc(O)ccc23)c1)C(=O)N[C@H](C)C(=O)N[C@H](C)C(=O)N[C@H](C)C(=O)N[C@@H](C(=O)N[C@H](Cc1cnc[nH]1)C(=O)N[C@H](CC(=O)O)C(N)=O)[C@H](C)O. The molecule has 0 saturated carbocycles. The number of aliphatic carboxylic acids is 1. The number of aliphatic hydroxyl groups excluding tert-OH is 1. The molecular weight excluding hydrogens is 1050 g/mol. The Morgan fingerprint density at radius 3 is 1.90 bits per heavy atom. The molecule has 0 bridgehead atoms. The molecule has 0 unspecified atom stereocenters. The number of phenols is 1. The van der Waals surface area contributed by atoms with Gasteiger partial charge in [0.15, 0.2) is 5.43 Å². The number of nitrogens with zero attached hydrogens (tertiary/aromatic N) is 1. The Balaban J connectivity index is 1.12. The largest absolute Gasteiger partial charge is 0.508 e. The minimum Gasteiger partial charge on any atom is -0.508 e. The van der Waals surface area contributed by atoms with Crippen LogP contribution in [0, 0.1) is 0 Å². The Hall–Kier alpha value is -9.73. The van der Waals surface area contributed by atoms with E-state index >= 15 is 0 Å². The number of aliphatic hydroxyl groups is 1. The van der Waals surface area contributed by atoms with Gasteiger partial charge >= 0.3 is 11.9 Å². The molecule has 2 heterocycles. The highest BCUT2D eigenvalue weighted by Gasteiger charge is 2.34. The van der Waals surface area contributed by atoms with Crippen molar-refractivity contribution in [3.8, 4) is 28.2 Å². The lowest BCUT2D eigenvalue weighted by atomic mass is 9.89. The number of aromatic hydroxyl groups is 1. The molecule has 2 aliphatic rings. The smallest absolute Gasteiger partial charge is 0.336 e. The summed E-state index contributed by atoms with van der Waals surface area (Å²) >= 11 is 0. The topological polar surface area (TPSA) is 450 Å². The van der Waals surface area contributed by atoms with E-state index in [1.165, 1.54) is 94.8 Å². The van der Waals surface area contributed by atoms with E-state index < -0.39 is 120 Å². The average molecular weight is 1110 g/mol. The number of carbonyl (C=O) groups is 11. The first-order chi connectivity index (χ1) is 37.7. The maximum atomic E-state index is 13.5. The summed E-state index contributed by atoms with van der Waals surface area (Å²) in [4.78, 5) is 160. The van der Waals surface area contributed by atoms with Crippen molar-refractivity contribution in [2.45, 2.75) is 115 Å². The fourth-order valence-corrected chi connectivity index (χ4v) is 8.15. The molecule has 1 aromatic heterocycles. The number of carboxylic acids is 2. The molecule has 0 saturated heterocycles. The van der Waals surface area contributed by atoms with E-state index in [0.717, 1.165) is 6.92 Å². The molecule has 1 aliphatic heterocycles. The minimum absolute atomic E-state index is 0.0519. The lowest BCUT2D eigenvalue weighted by Crippen LogP contribution is -2.61. The van der Waals surface area contributed by atoms with Gasteiger partial charge in [0.25, 0.3) is 5.91 Å². The van der Waals surface area contributed by atoms with E-state index in [1.54, 1.807) is 0 Å². The number of carboxylic acid groups (broad SMARTS) is 2. The monoisotopic (exact) mass is 1110 g/mol. The molecule has 9 amide bonds. The summed E-state index contributed by atoms with van der Waals surface area (Å²) in [6, 6.07) is 2.15. The number of nitrogens with two attached hydrogens (primary N) is 1. The van der Waals surface area contributed by atoms with Crippen LogP contribution in [0.3, 0.4) is 0 Å². The van der Waals surface area contributed by atoms with Gasteiger partial charge in [-0.05, 0) is 95.0 Å². The molecule has 0 fully saturated rings. The number of hydrogen-bond acceptors (Lipinski definition) is 16. The predicted molar refractivity (Wildman–Crippen MR) is 281 cm³/mol. The normalized spacial score (nSPS) is 14.1. The fraction of sp³-hybridized carbons (Fsp3) is 0.365. The number of imidazole rings is 1. The van der Waals surface area contributed by atoms with Crippen molar-refractivity contribution in [2.24, 2.45) is 5.73 Å². The maximum Gasteiger partial charge on any atom is 0.336 e. The zero-order valence-electron chi connectivity index (χ0n) is 43.8. The van der Waals surface area contributed by atoms with Gasteiger partial charge in [0.1, 0.15) is 59.4 Å². The van der Waals surface area contributed by atoms with Crippen LogP contribution in [-0.4, -0.2) is 150 Å². The third-order valence-corrected chi connectivity index (χ3v) is 12.3. The van der Waals surface area contributed by atoms with Crippen molar-refractivity contribution in [1.82, 2.24) is 52.5 Å². The van der Waals surface area contributed by atoms with Gasteiger partial charge in [-0.3, -0.25) is 52.7 Å². The van der Waals surface area contributed by atoms with Crippen LogP contribution < -0.4 is 53.7 Å². The molecule has 0 radical (unpaired) electrons. The number of amides is 9. The Bertz CT molecular complexity index is 3200. The van der Waals surface area contributed by atoms with Gasteiger partial charge in [-0.25, -0.2) is 9.78 Å². The predicted octanol–water partition coefficient (Wildman–Crippen LogP) is -1.35. The van der Waals surface area contributed by atoms with Gasteiger partial charge < -0.3 is 78.1 Å². The summed E-state index contributed by atoms with van der Waals surface area (Å²) in [5, 5.41) is 59.6. The number of primary amides is 1. The summed E-state index contributed by atoms with van der Waals surface area (Å²) < 4.78 is 5.88. The third-order valence-electron chi connectivity index (χ3n) is 12.3. The van der Waals surface area contributed by atoms with E-state index in [1.807, 2.05) is 0 Å². The van der Waals surface area contributed by atoms with Crippen molar-refractivity contribution in [2.75, 3.05) is 6.54 Å². The van der Waals surface area contributed by atoms with Crippen molar-refractivity contribution in [3.05, 3.63) is 94.2 Å². The first kappa shape index (κ1) is 61.1. The molecule has 80 heavy (non-hydrogen) atoms. The molecule has 1 aliphatic carbocycles. The third kappa shape index (κ3) is 16.6. The number of aromatic carboxylic acids is 1. The second-order valence-corrected chi connectivity index (χ2v) is 18.7. The number of H-pyrrole nitrogens is 1. The van der Waals surface area contributed by atoms with Crippen molar-refractivity contribution in [1.29, 1.82) is 0 Å². The van der Waals surface area contributed by atoms with Gasteiger partial charge in [-0.1, -0.05) is 0 Å². The highest BCUT2D eigenvalue weighted by Crippen LogP contribution is 2.42. The number of phenolic OH excluding ortho intramolecular Hbond substituents is 1. The fourth-order valence-electron chi connectivity index (χ4n) is 8.15. The maximum absolute atomic E-state index is 13.5. The first-order valence-corrected chi connectivity index (χ1v) is 24.9. The van der Waals surface area contributed by atoms with Gasteiger partial charge in [0, 0.05) is 66.0 Å². The number of benzene rings is 3. The molecule has 28 nitrogen and oxygen atoms in total. The van der Waals surface area contributed by atoms with Crippen LogP contribution in [0.4, 0.5) is 0 Å². The van der Waals surface area contributed by atoms with E-state index in [0.29, 0.717) is 28.6 Å². The summed E-state index contributed by atoms with van der Waals surface area (Å²) in [5.74, 6) is -10.7. The number of carbonyl (C=O) groups excluding carboxylic acids is 9. The highest BCUT2D eigenvalue weighted by atomic mass is 16.4. The molecule has 426 valence electrons. The summed E-state index contributed by atoms with van der Waals surface area (Å²) in [7, 11) is 0. The molecule has 3 aromatic rings. The van der Waals surface area contributed by atoms with Crippen LogP contribution in [0.15, 0.2) is 76.3 Å². The highest BCUT2D eigenvalue weighted by molar-refractivity contribution is 6.09. The van der Waals surface area contributed by atoms with Gasteiger partial charge in [-0.15, -0.1) is 0 Å². The van der Waals surface area contributed by atoms with Crippen LogP contribution in [0.5, 0.6) is 5.75 Å². The first-order valence-electron chi connectivity index (χ1n) is 24.9. The molecule has 28 heteroatoms. The molecule has 2 aromatic carbocycles. The van der Waals surface area contributed by atoms with E-state index in [2.05, 4.69) is 52.5 Å². The Kier molecular flexibility index (Phi) is 21.0. The number of unbranched alkanes of at least 4 members (excludes halogenated alkanes) is 1. The van der Waals surface area contributed by atoms with Crippen LogP contribution in [0.2, 0.25) is 0 Å². The van der Waals surface area contributed by atoms with Gasteiger partial charge in [0.2, 0.25) is 47.3 Å². The lowest BCUT2D eigenvalue weighted by Gasteiger charge is -2.27. The number of hydrogen-bond donors (Lipinski definition) is 14. The molecular formula is C52H61N11O17. The van der Waals surface area contributed by atoms with Crippen molar-refractivity contribution >= 4 is 76.1 Å². The number of aromatic amines is 1. The van der Waals surface area contributed by atoms with E-state index in [-0.39, 0.29) is 65.0 Å². The number of fused-ring (bicyclic) bond motifs is 2. The van der Waals surface area contributed by atoms with E-state index in [9.17, 15) is 72.9 Å². The van der Waals surface area contributed by atoms with Crippen LogP contribution >= 0.6 is 0 Å². The quantitative estimate of drug-likeness (QED) is 0.0213. The zero-order valence-corrected chi connectivity index (χ0v) is 43.8. The summed E-state index contributed by atoms with van der Waals surface area (Å²) in [5.41, 5.74) is 6.12. The molecule has 5 rings (SSSR count). The molecule has 8 atom stereocenters. The zero-order chi connectivity index (χ0) is 59.1. The number of aromatic nitrogens is 2. The average Bonchev–Trinajstić information content (AvgIpc) is 4.06. The van der Waals surface area contributed by atoms with Crippen LogP contribution in [0.1, 0.15) is 86.7 Å². The molecule has 0 spiro atoms. The molecule has 15 N–H and O–H groups in total. The van der Waals surface area contributed by atoms with Crippen molar-refractivity contribution < 1.29 is 77.6 Å². The Labute approximate surface area is 454 Å². The van der Waals surface area contributed by atoms with Gasteiger partial charge in [0.05, 0.1) is 24.4 Å². The Morgan fingerprint density at radius 1 is 0.688 bits per heavy atom. The van der Waals surface area contributed by atoms with Crippen LogP contribution in [-0.2, 0) is 49.6 Å². The number of nitrogens with one attached hydrogen (secondary N) is 9. The standard InChI is InChI=1S/C52H61N11O17/c1-23(45(71)58-25(3)47(73)63-43(26(4)64)51(77)62-38(17-29-21-54-22-56-29)50(76)61-37(44(53)70)20-41(68)69)57-46(72)24(2)59-49(75)36(60-27(5)65)8-6-7-15-55-48(74)28-9-12-32(52(78)79)35(16-28)42-33-13-10-30(66)18-39(33)80-40-19-31(67)11-14-34(40)42/h9-14,16,18-19,21-26,36-38,43,64,66H,6-8,15,17,20H2,1-5H3,(H2,53,70)(H,54,56)(H,55,74)(H,57,72)(H,58,71)(H,59,75)(H,60,65)(H,61,76)(H,62,77)(H,63,73)(H,68,69)(H,78,79)/t23-,24-,25-,26+,36-,37-,38-,43-/m1/s1. The Morgan fingerprint density at radius 2 is 1.31 bits per heavy atom. The lowest BCUT2D eigenvalue weighted by molar-refractivity contribution is -0.140. The second kappa shape index (κ2) is 27.5.